The number of furan rings is 1. The molecular weight excluding hydrogens is 314 g/mol. The summed E-state index contributed by atoms with van der Waals surface area (Å²) >= 11 is 0. The van der Waals surface area contributed by atoms with Crippen molar-refractivity contribution in [2.24, 2.45) is 0 Å². The number of amides is 1. The van der Waals surface area contributed by atoms with Gasteiger partial charge in [0.15, 0.2) is 0 Å². The number of carbonyl (C=O) groups is 1. The van der Waals surface area contributed by atoms with Crippen LogP contribution in [-0.4, -0.2) is 28.4 Å². The van der Waals surface area contributed by atoms with Gasteiger partial charge in [-0.25, -0.2) is 4.98 Å². The molecule has 1 aliphatic heterocycles. The molecule has 3 heterocycles. The fraction of sp³-hybridized carbons (Fsp3) is 0.500. The molecule has 1 saturated heterocycles. The van der Waals surface area contributed by atoms with Crippen LogP contribution in [0, 0.1) is 13.8 Å². The SMILES string of the molecule is CCC1CCCCN1C(=O)c1ccc(C)nc1NCc1ccc(C)o1. The molecule has 0 bridgehead atoms. The van der Waals surface area contributed by atoms with E-state index in [1.54, 1.807) is 0 Å². The largest absolute Gasteiger partial charge is 0.465 e. The Kier molecular flexibility index (Phi) is 5.41. The molecule has 0 spiro atoms. The molecule has 25 heavy (non-hydrogen) atoms. The first-order chi connectivity index (χ1) is 12.1. The fourth-order valence-corrected chi connectivity index (χ4v) is 3.46. The second kappa shape index (κ2) is 7.72. The van der Waals surface area contributed by atoms with E-state index in [0.717, 1.165) is 43.0 Å². The zero-order valence-electron chi connectivity index (χ0n) is 15.3. The standard InChI is InChI=1S/C20H27N3O2/c1-4-16-7-5-6-12-23(16)20(24)18-11-8-14(2)22-19(18)21-13-17-10-9-15(3)25-17/h8-11,16H,4-7,12-13H2,1-3H3,(H,21,22). The maximum Gasteiger partial charge on any atom is 0.257 e. The van der Waals surface area contributed by atoms with Gasteiger partial charge in [0.2, 0.25) is 0 Å². The summed E-state index contributed by atoms with van der Waals surface area (Å²) in [6.07, 6.45) is 4.38. The normalized spacial score (nSPS) is 17.6. The lowest BCUT2D eigenvalue weighted by atomic mass is 9.99. The van der Waals surface area contributed by atoms with Gasteiger partial charge in [-0.3, -0.25) is 4.79 Å². The summed E-state index contributed by atoms with van der Waals surface area (Å²) in [5.74, 6) is 2.43. The zero-order valence-corrected chi connectivity index (χ0v) is 15.3. The first-order valence-corrected chi connectivity index (χ1v) is 9.16. The molecule has 1 atom stereocenters. The minimum Gasteiger partial charge on any atom is -0.465 e. The Morgan fingerprint density at radius 3 is 2.84 bits per heavy atom. The van der Waals surface area contributed by atoms with Crippen molar-refractivity contribution in [3.63, 3.8) is 0 Å². The van der Waals surface area contributed by atoms with Crippen LogP contribution < -0.4 is 5.32 Å². The topological polar surface area (TPSA) is 58.4 Å². The highest BCUT2D eigenvalue weighted by Crippen LogP contribution is 2.24. The van der Waals surface area contributed by atoms with E-state index < -0.39 is 0 Å². The van der Waals surface area contributed by atoms with E-state index in [1.165, 1.54) is 6.42 Å². The predicted molar refractivity (Wildman–Crippen MR) is 98.7 cm³/mol. The maximum absolute atomic E-state index is 13.1. The number of hydrogen-bond acceptors (Lipinski definition) is 4. The van der Waals surface area contributed by atoms with E-state index in [9.17, 15) is 4.79 Å². The number of anilines is 1. The van der Waals surface area contributed by atoms with E-state index in [4.69, 9.17) is 4.42 Å². The number of piperidine rings is 1. The van der Waals surface area contributed by atoms with Crippen molar-refractivity contribution in [1.82, 2.24) is 9.88 Å². The van der Waals surface area contributed by atoms with E-state index >= 15 is 0 Å². The van der Waals surface area contributed by atoms with Crippen molar-refractivity contribution >= 4 is 11.7 Å². The summed E-state index contributed by atoms with van der Waals surface area (Å²) < 4.78 is 5.60. The van der Waals surface area contributed by atoms with Crippen molar-refractivity contribution in [3.05, 3.63) is 47.0 Å². The van der Waals surface area contributed by atoms with Crippen LogP contribution in [0.1, 0.15) is 60.2 Å². The van der Waals surface area contributed by atoms with Gasteiger partial charge in [-0.1, -0.05) is 6.92 Å². The zero-order chi connectivity index (χ0) is 17.8. The number of likely N-dealkylation sites (tertiary alicyclic amines) is 1. The Balaban J connectivity index is 1.81. The number of pyridine rings is 1. The number of nitrogens with zero attached hydrogens (tertiary/aromatic N) is 2. The first kappa shape index (κ1) is 17.5. The van der Waals surface area contributed by atoms with Gasteiger partial charge in [0.05, 0.1) is 12.1 Å². The van der Waals surface area contributed by atoms with Gasteiger partial charge in [0.1, 0.15) is 17.3 Å². The van der Waals surface area contributed by atoms with Crippen LogP contribution in [-0.2, 0) is 6.54 Å². The van der Waals surface area contributed by atoms with Crippen LogP contribution in [0.2, 0.25) is 0 Å². The highest BCUT2D eigenvalue weighted by atomic mass is 16.3. The Hall–Kier alpha value is -2.30. The minimum absolute atomic E-state index is 0.0807. The number of hydrogen-bond donors (Lipinski definition) is 1. The van der Waals surface area contributed by atoms with E-state index in [0.29, 0.717) is 24.0 Å². The van der Waals surface area contributed by atoms with Crippen LogP contribution in [0.25, 0.3) is 0 Å². The number of carbonyl (C=O) groups excluding carboxylic acids is 1. The molecule has 2 aromatic heterocycles. The summed E-state index contributed by atoms with van der Waals surface area (Å²) in [7, 11) is 0. The second-order valence-corrected chi connectivity index (χ2v) is 6.77. The van der Waals surface area contributed by atoms with Crippen LogP contribution >= 0.6 is 0 Å². The molecule has 1 fully saturated rings. The molecule has 1 N–H and O–H groups in total. The highest BCUT2D eigenvalue weighted by Gasteiger charge is 2.28. The average molecular weight is 341 g/mol. The Morgan fingerprint density at radius 2 is 2.12 bits per heavy atom. The van der Waals surface area contributed by atoms with E-state index in [1.807, 2.05) is 43.0 Å². The third-order valence-corrected chi connectivity index (χ3v) is 4.85. The highest BCUT2D eigenvalue weighted by molar-refractivity contribution is 5.99. The number of rotatable bonds is 5. The molecule has 0 aliphatic carbocycles. The van der Waals surface area contributed by atoms with Crippen molar-refractivity contribution in [2.45, 2.75) is 59.0 Å². The quantitative estimate of drug-likeness (QED) is 0.880. The van der Waals surface area contributed by atoms with Gasteiger partial charge >= 0.3 is 0 Å². The van der Waals surface area contributed by atoms with E-state index in [-0.39, 0.29) is 5.91 Å². The summed E-state index contributed by atoms with van der Waals surface area (Å²) in [5, 5.41) is 3.28. The minimum atomic E-state index is 0.0807. The maximum atomic E-state index is 13.1. The van der Waals surface area contributed by atoms with Gasteiger partial charge < -0.3 is 14.6 Å². The molecular formula is C20H27N3O2. The Morgan fingerprint density at radius 1 is 1.28 bits per heavy atom. The Labute approximate surface area is 149 Å². The molecule has 0 saturated carbocycles. The summed E-state index contributed by atoms with van der Waals surface area (Å²) in [5.41, 5.74) is 1.54. The molecule has 134 valence electrons. The molecule has 5 nitrogen and oxygen atoms in total. The molecule has 1 unspecified atom stereocenters. The lowest BCUT2D eigenvalue weighted by Gasteiger charge is -2.35. The van der Waals surface area contributed by atoms with Crippen molar-refractivity contribution < 1.29 is 9.21 Å². The molecule has 0 radical (unpaired) electrons. The third-order valence-electron chi connectivity index (χ3n) is 4.85. The average Bonchev–Trinajstić information content (AvgIpc) is 3.05. The number of aromatic nitrogens is 1. The van der Waals surface area contributed by atoms with Crippen LogP contribution in [0.4, 0.5) is 5.82 Å². The summed E-state index contributed by atoms with van der Waals surface area (Å²) in [6.45, 7) is 7.36. The fourth-order valence-electron chi connectivity index (χ4n) is 3.46. The van der Waals surface area contributed by atoms with Gasteiger partial charge in [-0.15, -0.1) is 0 Å². The summed E-state index contributed by atoms with van der Waals surface area (Å²) in [6, 6.07) is 8.01. The number of nitrogens with one attached hydrogen (secondary N) is 1. The first-order valence-electron chi connectivity index (χ1n) is 9.16. The van der Waals surface area contributed by atoms with E-state index in [2.05, 4.69) is 17.2 Å². The van der Waals surface area contributed by atoms with Crippen LogP contribution in [0.15, 0.2) is 28.7 Å². The molecule has 1 amide bonds. The lowest BCUT2D eigenvalue weighted by Crippen LogP contribution is -2.43. The van der Waals surface area contributed by atoms with Gasteiger partial charge in [-0.2, -0.15) is 0 Å². The number of aryl methyl sites for hydroxylation is 2. The monoisotopic (exact) mass is 341 g/mol. The molecule has 5 heteroatoms. The van der Waals surface area contributed by atoms with Crippen molar-refractivity contribution in [2.75, 3.05) is 11.9 Å². The van der Waals surface area contributed by atoms with Crippen LogP contribution in [0.3, 0.4) is 0 Å². The van der Waals surface area contributed by atoms with Gasteiger partial charge in [0, 0.05) is 18.3 Å². The van der Waals surface area contributed by atoms with Crippen LogP contribution in [0.5, 0.6) is 0 Å². The lowest BCUT2D eigenvalue weighted by molar-refractivity contribution is 0.0608. The molecule has 3 rings (SSSR count). The molecule has 1 aliphatic rings. The molecule has 2 aromatic rings. The van der Waals surface area contributed by atoms with Crippen molar-refractivity contribution in [3.8, 4) is 0 Å². The Bertz CT molecular complexity index is 738. The van der Waals surface area contributed by atoms with Gasteiger partial charge in [0.25, 0.3) is 5.91 Å². The third kappa shape index (κ3) is 4.03. The second-order valence-electron chi connectivity index (χ2n) is 6.77. The van der Waals surface area contributed by atoms with Crippen molar-refractivity contribution in [1.29, 1.82) is 0 Å². The molecule has 0 aromatic carbocycles. The smallest absolute Gasteiger partial charge is 0.257 e. The van der Waals surface area contributed by atoms with Gasteiger partial charge in [-0.05, 0) is 63.8 Å². The predicted octanol–water partition coefficient (Wildman–Crippen LogP) is 4.31. The summed E-state index contributed by atoms with van der Waals surface area (Å²) in [4.78, 5) is 19.7.